The van der Waals surface area contributed by atoms with Gasteiger partial charge >= 0.3 is 0 Å². The molecule has 110 valence electrons. The number of benzene rings is 2. The lowest BCUT2D eigenvalue weighted by Crippen LogP contribution is -2.02. The maximum absolute atomic E-state index is 13.0. The summed E-state index contributed by atoms with van der Waals surface area (Å²) in [6, 6.07) is 7.33. The first-order valence-electron chi connectivity index (χ1n) is 5.94. The molecule has 0 unspecified atom stereocenters. The van der Waals surface area contributed by atoms with Gasteiger partial charge in [0.2, 0.25) is 0 Å². The predicted molar refractivity (Wildman–Crippen MR) is 81.8 cm³/mol. The molecule has 21 heavy (non-hydrogen) atoms. The average Bonchev–Trinajstić information content (AvgIpc) is 2.46. The molecule has 2 aromatic carbocycles. The van der Waals surface area contributed by atoms with Crippen LogP contribution in [-0.2, 0) is 6.61 Å². The normalized spacial score (nSPS) is 10.3. The Hall–Kier alpha value is -1.59. The van der Waals surface area contributed by atoms with Crippen LogP contribution in [0.5, 0.6) is 11.5 Å². The van der Waals surface area contributed by atoms with Crippen LogP contribution in [0.1, 0.15) is 15.9 Å². The molecule has 0 N–H and O–H groups in total. The highest BCUT2D eigenvalue weighted by Gasteiger charge is 2.13. The van der Waals surface area contributed by atoms with Gasteiger partial charge in [0.1, 0.15) is 12.4 Å². The van der Waals surface area contributed by atoms with Crippen molar-refractivity contribution >= 4 is 33.8 Å². The fourth-order valence-corrected chi connectivity index (χ4v) is 2.45. The predicted octanol–water partition coefficient (Wildman–Crippen LogP) is 4.64. The smallest absolute Gasteiger partial charge is 0.172 e. The minimum atomic E-state index is -0.344. The molecular weight excluding hydrogens is 363 g/mol. The van der Waals surface area contributed by atoms with E-state index in [1.165, 1.54) is 25.3 Å². The molecule has 0 atom stereocenters. The van der Waals surface area contributed by atoms with E-state index in [9.17, 15) is 9.18 Å². The van der Waals surface area contributed by atoms with Gasteiger partial charge in [0.25, 0.3) is 0 Å². The quantitative estimate of drug-likeness (QED) is 0.716. The monoisotopic (exact) mass is 372 g/mol. The van der Waals surface area contributed by atoms with E-state index in [0.717, 1.165) is 5.56 Å². The van der Waals surface area contributed by atoms with Crippen molar-refractivity contribution in [1.29, 1.82) is 0 Å². The maximum Gasteiger partial charge on any atom is 0.172 e. The first-order valence-corrected chi connectivity index (χ1v) is 7.11. The van der Waals surface area contributed by atoms with E-state index in [2.05, 4.69) is 15.9 Å². The minimum Gasteiger partial charge on any atom is -0.493 e. The lowest BCUT2D eigenvalue weighted by atomic mass is 10.2. The number of methoxy groups -OCH3 is 1. The molecule has 0 bridgehead atoms. The van der Waals surface area contributed by atoms with Crippen molar-refractivity contribution in [2.45, 2.75) is 6.61 Å². The van der Waals surface area contributed by atoms with Crippen LogP contribution in [0.15, 0.2) is 34.8 Å². The number of carbonyl (C=O) groups excluding carboxylic acids is 1. The van der Waals surface area contributed by atoms with Gasteiger partial charge in [0, 0.05) is 21.1 Å². The number of hydrogen-bond donors (Lipinski definition) is 0. The Morgan fingerprint density at radius 3 is 2.71 bits per heavy atom. The molecule has 0 aromatic heterocycles. The van der Waals surface area contributed by atoms with Crippen LogP contribution in [-0.4, -0.2) is 13.4 Å². The van der Waals surface area contributed by atoms with Crippen LogP contribution < -0.4 is 9.47 Å². The summed E-state index contributed by atoms with van der Waals surface area (Å²) >= 11 is 9.16. The molecule has 0 aliphatic rings. The highest BCUT2D eigenvalue weighted by atomic mass is 79.9. The summed E-state index contributed by atoms with van der Waals surface area (Å²) in [5.41, 5.74) is 1.03. The van der Waals surface area contributed by atoms with Crippen molar-refractivity contribution in [2.24, 2.45) is 0 Å². The van der Waals surface area contributed by atoms with Gasteiger partial charge in [0.15, 0.2) is 17.8 Å². The van der Waals surface area contributed by atoms with E-state index < -0.39 is 0 Å². The number of hydrogen-bond acceptors (Lipinski definition) is 3. The van der Waals surface area contributed by atoms with Crippen molar-refractivity contribution in [2.75, 3.05) is 7.11 Å². The fourth-order valence-electron chi connectivity index (χ4n) is 1.77. The van der Waals surface area contributed by atoms with Gasteiger partial charge in [-0.2, -0.15) is 0 Å². The van der Waals surface area contributed by atoms with Crippen molar-refractivity contribution in [3.63, 3.8) is 0 Å². The molecule has 0 radical (unpaired) electrons. The third kappa shape index (κ3) is 3.74. The minimum absolute atomic E-state index is 0.152. The maximum atomic E-state index is 13.0. The van der Waals surface area contributed by atoms with Crippen LogP contribution in [0.3, 0.4) is 0 Å². The first-order chi connectivity index (χ1) is 10.0. The standard InChI is InChI=1S/C15H11BrClFO3/c1-20-14-5-11(17)4-10(7-19)15(14)21-8-9-2-3-12(18)6-13(9)16/h2-7H,8H2,1H3. The third-order valence-electron chi connectivity index (χ3n) is 2.78. The third-order valence-corrected chi connectivity index (χ3v) is 3.74. The second kappa shape index (κ2) is 6.91. The molecule has 0 fully saturated rings. The molecule has 0 aliphatic carbocycles. The van der Waals surface area contributed by atoms with Gasteiger partial charge in [-0.05, 0) is 18.2 Å². The van der Waals surface area contributed by atoms with Crippen LogP contribution >= 0.6 is 27.5 Å². The highest BCUT2D eigenvalue weighted by Crippen LogP contribution is 2.34. The second-order valence-corrected chi connectivity index (χ2v) is 5.46. The molecule has 0 amide bonds. The topological polar surface area (TPSA) is 35.5 Å². The molecule has 3 nitrogen and oxygen atoms in total. The Kier molecular flexibility index (Phi) is 5.20. The lowest BCUT2D eigenvalue weighted by molar-refractivity contribution is 0.111. The summed E-state index contributed by atoms with van der Waals surface area (Å²) in [6.07, 6.45) is 0.642. The zero-order valence-electron chi connectivity index (χ0n) is 11.0. The number of rotatable bonds is 5. The van der Waals surface area contributed by atoms with E-state index in [1.54, 1.807) is 12.1 Å². The largest absolute Gasteiger partial charge is 0.493 e. The molecular formula is C15H11BrClFO3. The van der Waals surface area contributed by atoms with Crippen LogP contribution in [0.4, 0.5) is 4.39 Å². The summed E-state index contributed by atoms with van der Waals surface area (Å²) in [4.78, 5) is 11.1. The second-order valence-electron chi connectivity index (χ2n) is 4.17. The molecule has 2 aromatic rings. The van der Waals surface area contributed by atoms with Crippen molar-refractivity contribution in [1.82, 2.24) is 0 Å². The zero-order chi connectivity index (χ0) is 15.4. The molecule has 0 saturated heterocycles. The number of carbonyl (C=O) groups is 1. The molecule has 0 spiro atoms. The average molecular weight is 374 g/mol. The van der Waals surface area contributed by atoms with Gasteiger partial charge in [-0.15, -0.1) is 0 Å². The Morgan fingerprint density at radius 2 is 2.10 bits per heavy atom. The van der Waals surface area contributed by atoms with Gasteiger partial charge in [0.05, 0.1) is 12.7 Å². The summed E-state index contributed by atoms with van der Waals surface area (Å²) in [7, 11) is 1.46. The molecule has 6 heteroatoms. The Bertz CT molecular complexity index is 676. The molecule has 2 rings (SSSR count). The summed E-state index contributed by atoms with van der Waals surface area (Å²) in [6.45, 7) is 0.152. The number of halogens is 3. The van der Waals surface area contributed by atoms with Crippen LogP contribution in [0.25, 0.3) is 0 Å². The summed E-state index contributed by atoms with van der Waals surface area (Å²) < 4.78 is 24.4. The van der Waals surface area contributed by atoms with Crippen molar-refractivity contribution < 1.29 is 18.7 Å². The Morgan fingerprint density at radius 1 is 1.33 bits per heavy atom. The van der Waals surface area contributed by atoms with E-state index in [-0.39, 0.29) is 18.0 Å². The van der Waals surface area contributed by atoms with E-state index >= 15 is 0 Å². The highest BCUT2D eigenvalue weighted by molar-refractivity contribution is 9.10. The van der Waals surface area contributed by atoms with Crippen LogP contribution in [0.2, 0.25) is 5.02 Å². The lowest BCUT2D eigenvalue weighted by Gasteiger charge is -2.14. The summed E-state index contributed by atoms with van der Waals surface area (Å²) in [5.74, 6) is 0.319. The molecule has 0 saturated carbocycles. The van der Waals surface area contributed by atoms with Crippen molar-refractivity contribution in [3.8, 4) is 11.5 Å². The fraction of sp³-hybridized carbons (Fsp3) is 0.133. The van der Waals surface area contributed by atoms with Crippen LogP contribution in [0, 0.1) is 5.82 Å². The Labute approximate surface area is 134 Å². The van der Waals surface area contributed by atoms with Gasteiger partial charge in [-0.1, -0.05) is 33.6 Å². The van der Waals surface area contributed by atoms with Gasteiger partial charge in [-0.3, -0.25) is 4.79 Å². The van der Waals surface area contributed by atoms with Gasteiger partial charge < -0.3 is 9.47 Å². The van der Waals surface area contributed by atoms with E-state index in [4.69, 9.17) is 21.1 Å². The Balaban J connectivity index is 2.29. The number of ether oxygens (including phenoxy) is 2. The zero-order valence-corrected chi connectivity index (χ0v) is 13.4. The number of aldehydes is 1. The molecule has 0 aliphatic heterocycles. The van der Waals surface area contributed by atoms with Crippen molar-refractivity contribution in [3.05, 3.63) is 56.8 Å². The SMILES string of the molecule is COc1cc(Cl)cc(C=O)c1OCc1ccc(F)cc1Br. The van der Waals surface area contributed by atoms with E-state index in [1.807, 2.05) is 0 Å². The first kappa shape index (κ1) is 15.8. The summed E-state index contributed by atoms with van der Waals surface area (Å²) in [5, 5.41) is 0.379. The van der Waals surface area contributed by atoms with Gasteiger partial charge in [-0.25, -0.2) is 4.39 Å². The van der Waals surface area contributed by atoms with E-state index in [0.29, 0.717) is 27.3 Å². The molecule has 0 heterocycles.